The number of nitrogen functional groups attached to an aromatic ring is 1. The quantitative estimate of drug-likeness (QED) is 0.562. The average molecular weight is 282 g/mol. The lowest BCUT2D eigenvalue weighted by atomic mass is 10.1. The molecule has 0 saturated heterocycles. The number of aliphatic carboxylic acids is 2. The lowest BCUT2D eigenvalue weighted by Gasteiger charge is -2.13. The molecule has 1 aromatic carbocycles. The number of ether oxygens (including phenoxy) is 1. The number of carbonyl (C=O) groups excluding carboxylic acids is 1. The Morgan fingerprint density at radius 2 is 1.80 bits per heavy atom. The molecule has 108 valence electrons. The summed E-state index contributed by atoms with van der Waals surface area (Å²) < 4.78 is 4.84. The average Bonchev–Trinajstić information content (AvgIpc) is 2.36. The summed E-state index contributed by atoms with van der Waals surface area (Å²) in [5, 5.41) is 19.4. The molecule has 0 aliphatic heterocycles. The van der Waals surface area contributed by atoms with Gasteiger partial charge in [0.05, 0.1) is 0 Å². The highest BCUT2D eigenvalue weighted by atomic mass is 16.6. The van der Waals surface area contributed by atoms with Crippen LogP contribution in [0.1, 0.15) is 12.8 Å². The zero-order valence-electron chi connectivity index (χ0n) is 10.4. The monoisotopic (exact) mass is 282 g/mol. The number of amides is 1. The smallest absolute Gasteiger partial charge is 0.413 e. The van der Waals surface area contributed by atoms with Crippen molar-refractivity contribution in [2.75, 3.05) is 5.73 Å². The van der Waals surface area contributed by atoms with Crippen LogP contribution < -0.4 is 15.8 Å². The van der Waals surface area contributed by atoms with E-state index >= 15 is 0 Å². The van der Waals surface area contributed by atoms with Gasteiger partial charge in [0.1, 0.15) is 11.8 Å². The predicted molar refractivity (Wildman–Crippen MR) is 68.3 cm³/mol. The van der Waals surface area contributed by atoms with Crippen molar-refractivity contribution in [3.8, 4) is 5.75 Å². The maximum absolute atomic E-state index is 11.5. The van der Waals surface area contributed by atoms with E-state index in [2.05, 4.69) is 5.32 Å². The zero-order chi connectivity index (χ0) is 15.1. The molecular formula is C12H14N2O6. The summed E-state index contributed by atoms with van der Waals surface area (Å²) in [6.45, 7) is 0. The van der Waals surface area contributed by atoms with Crippen molar-refractivity contribution in [2.24, 2.45) is 0 Å². The van der Waals surface area contributed by atoms with Crippen molar-refractivity contribution in [3.05, 3.63) is 24.3 Å². The van der Waals surface area contributed by atoms with Crippen LogP contribution in [0.5, 0.6) is 5.75 Å². The van der Waals surface area contributed by atoms with Gasteiger partial charge < -0.3 is 26.0 Å². The van der Waals surface area contributed by atoms with E-state index in [1.54, 1.807) is 0 Å². The highest BCUT2D eigenvalue weighted by molar-refractivity contribution is 5.81. The molecular weight excluding hydrogens is 268 g/mol. The van der Waals surface area contributed by atoms with Crippen LogP contribution in [0.2, 0.25) is 0 Å². The summed E-state index contributed by atoms with van der Waals surface area (Å²) in [5.74, 6) is -2.29. The van der Waals surface area contributed by atoms with Crippen molar-refractivity contribution in [3.63, 3.8) is 0 Å². The molecule has 8 heteroatoms. The number of carbonyl (C=O) groups is 3. The second kappa shape index (κ2) is 6.98. The Bertz CT molecular complexity index is 499. The Morgan fingerprint density at radius 1 is 1.20 bits per heavy atom. The van der Waals surface area contributed by atoms with Crippen LogP contribution >= 0.6 is 0 Å². The SMILES string of the molecule is Nc1ccc(OC(=O)N[C@@H](CCC(=O)O)C(=O)O)cc1. The molecule has 0 fully saturated rings. The molecule has 20 heavy (non-hydrogen) atoms. The van der Waals surface area contributed by atoms with Gasteiger partial charge in [-0.25, -0.2) is 9.59 Å². The highest BCUT2D eigenvalue weighted by Gasteiger charge is 2.21. The first-order valence-electron chi connectivity index (χ1n) is 5.67. The van der Waals surface area contributed by atoms with E-state index in [4.69, 9.17) is 20.7 Å². The molecule has 8 nitrogen and oxygen atoms in total. The Balaban J connectivity index is 2.55. The number of carboxylic acids is 2. The van der Waals surface area contributed by atoms with Gasteiger partial charge in [-0.1, -0.05) is 0 Å². The van der Waals surface area contributed by atoms with Crippen LogP contribution in [-0.4, -0.2) is 34.3 Å². The third-order valence-corrected chi connectivity index (χ3v) is 2.33. The highest BCUT2D eigenvalue weighted by Crippen LogP contribution is 2.13. The maximum atomic E-state index is 11.5. The van der Waals surface area contributed by atoms with E-state index in [0.717, 1.165) is 0 Å². The molecule has 1 atom stereocenters. The molecule has 0 radical (unpaired) electrons. The van der Waals surface area contributed by atoms with E-state index in [-0.39, 0.29) is 18.6 Å². The summed E-state index contributed by atoms with van der Waals surface area (Å²) in [5.41, 5.74) is 5.94. The van der Waals surface area contributed by atoms with Gasteiger partial charge in [-0.2, -0.15) is 0 Å². The maximum Gasteiger partial charge on any atom is 0.413 e. The number of hydrogen-bond acceptors (Lipinski definition) is 5. The molecule has 5 N–H and O–H groups in total. The normalized spacial score (nSPS) is 11.4. The fraction of sp³-hybridized carbons (Fsp3) is 0.250. The summed E-state index contributed by atoms with van der Waals surface area (Å²) in [7, 11) is 0. The number of nitrogens with two attached hydrogens (primary N) is 1. The Morgan fingerprint density at radius 3 is 2.30 bits per heavy atom. The fourth-order valence-corrected chi connectivity index (χ4v) is 1.34. The van der Waals surface area contributed by atoms with E-state index in [1.165, 1.54) is 24.3 Å². The van der Waals surface area contributed by atoms with E-state index < -0.39 is 24.1 Å². The van der Waals surface area contributed by atoms with Gasteiger partial charge in [0.2, 0.25) is 0 Å². The van der Waals surface area contributed by atoms with Crippen LogP contribution in [0.3, 0.4) is 0 Å². The van der Waals surface area contributed by atoms with Crippen LogP contribution in [0.25, 0.3) is 0 Å². The van der Waals surface area contributed by atoms with Crippen LogP contribution in [0.15, 0.2) is 24.3 Å². The van der Waals surface area contributed by atoms with Crippen molar-refractivity contribution in [1.29, 1.82) is 0 Å². The number of nitrogens with one attached hydrogen (secondary N) is 1. The van der Waals surface area contributed by atoms with E-state index in [0.29, 0.717) is 5.69 Å². The molecule has 0 bridgehead atoms. The zero-order valence-corrected chi connectivity index (χ0v) is 10.4. The van der Waals surface area contributed by atoms with Crippen molar-refractivity contribution in [2.45, 2.75) is 18.9 Å². The molecule has 0 aliphatic carbocycles. The first-order valence-corrected chi connectivity index (χ1v) is 5.67. The lowest BCUT2D eigenvalue weighted by molar-refractivity contribution is -0.140. The largest absolute Gasteiger partial charge is 0.481 e. The van der Waals surface area contributed by atoms with E-state index in [9.17, 15) is 14.4 Å². The Labute approximate surface area is 114 Å². The van der Waals surface area contributed by atoms with E-state index in [1.807, 2.05) is 0 Å². The van der Waals surface area contributed by atoms with Crippen molar-refractivity contribution >= 4 is 23.7 Å². The Hall–Kier alpha value is -2.77. The second-order valence-corrected chi connectivity index (χ2v) is 3.93. The van der Waals surface area contributed by atoms with Gasteiger partial charge >= 0.3 is 18.0 Å². The first kappa shape index (κ1) is 15.3. The summed E-state index contributed by atoms with van der Waals surface area (Å²) in [6, 6.07) is 4.60. The number of anilines is 1. The number of carboxylic acid groups (broad SMARTS) is 2. The minimum Gasteiger partial charge on any atom is -0.481 e. The van der Waals surface area contributed by atoms with Gasteiger partial charge in [-0.15, -0.1) is 0 Å². The van der Waals surface area contributed by atoms with Crippen LogP contribution in [0.4, 0.5) is 10.5 Å². The van der Waals surface area contributed by atoms with Gasteiger partial charge in [0, 0.05) is 12.1 Å². The van der Waals surface area contributed by atoms with Crippen molar-refractivity contribution < 1.29 is 29.3 Å². The second-order valence-electron chi connectivity index (χ2n) is 3.93. The number of hydrogen-bond donors (Lipinski definition) is 4. The predicted octanol–water partition coefficient (Wildman–Crippen LogP) is 0.675. The fourth-order valence-electron chi connectivity index (χ4n) is 1.34. The lowest BCUT2D eigenvalue weighted by Crippen LogP contribution is -2.42. The van der Waals surface area contributed by atoms with Crippen LogP contribution in [0, 0.1) is 0 Å². The minimum absolute atomic E-state index is 0.194. The molecule has 0 heterocycles. The standard InChI is InChI=1S/C12H14N2O6/c13-7-1-3-8(4-2-7)20-12(19)14-9(11(17)18)5-6-10(15)16/h1-4,9H,5-6,13H2,(H,14,19)(H,15,16)(H,17,18)/t9-/m0/s1. The first-order chi connectivity index (χ1) is 9.38. The molecule has 1 aromatic rings. The van der Waals surface area contributed by atoms with Crippen LogP contribution in [-0.2, 0) is 9.59 Å². The van der Waals surface area contributed by atoms with Gasteiger partial charge in [-0.05, 0) is 30.7 Å². The molecule has 0 saturated carbocycles. The van der Waals surface area contributed by atoms with Gasteiger partial charge in [-0.3, -0.25) is 4.79 Å². The summed E-state index contributed by atoms with van der Waals surface area (Å²) >= 11 is 0. The van der Waals surface area contributed by atoms with Gasteiger partial charge in [0.15, 0.2) is 0 Å². The third-order valence-electron chi connectivity index (χ3n) is 2.33. The van der Waals surface area contributed by atoms with Crippen molar-refractivity contribution in [1.82, 2.24) is 5.32 Å². The summed E-state index contributed by atoms with van der Waals surface area (Å²) in [6.07, 6.45) is -1.59. The topological polar surface area (TPSA) is 139 Å². The molecule has 0 unspecified atom stereocenters. The number of benzene rings is 1. The number of rotatable bonds is 6. The molecule has 0 aliphatic rings. The minimum atomic E-state index is -1.33. The molecule has 0 spiro atoms. The Kier molecular flexibility index (Phi) is 5.33. The molecule has 0 aromatic heterocycles. The molecule has 1 rings (SSSR count). The van der Waals surface area contributed by atoms with Gasteiger partial charge in [0.25, 0.3) is 0 Å². The summed E-state index contributed by atoms with van der Waals surface area (Å²) in [4.78, 5) is 32.7. The molecule has 1 amide bonds. The third kappa shape index (κ3) is 5.25.